The lowest BCUT2D eigenvalue weighted by molar-refractivity contribution is 0.0806. The van der Waals surface area contributed by atoms with Gasteiger partial charge in [0.2, 0.25) is 0 Å². The van der Waals surface area contributed by atoms with Gasteiger partial charge in [0, 0.05) is 30.8 Å². The van der Waals surface area contributed by atoms with Gasteiger partial charge in [0.1, 0.15) is 29.6 Å². The van der Waals surface area contributed by atoms with Crippen LogP contribution in [0.25, 0.3) is 11.1 Å². The molecule has 1 atom stereocenters. The SMILES string of the molecule is CCC1CN(CCOc2ccc(C3Oc4ccc(O)cc4C(C)=C3c3ccc(O)cn3)cc2)C1. The lowest BCUT2D eigenvalue weighted by Gasteiger charge is -2.38. The average molecular weight is 459 g/mol. The number of aromatic hydroxyl groups is 2. The van der Waals surface area contributed by atoms with Gasteiger partial charge in [0.05, 0.1) is 11.9 Å². The van der Waals surface area contributed by atoms with Gasteiger partial charge >= 0.3 is 0 Å². The Bertz CT molecular complexity index is 1180. The van der Waals surface area contributed by atoms with Crippen LogP contribution in [0.15, 0.2) is 60.8 Å². The molecule has 6 nitrogen and oxygen atoms in total. The monoisotopic (exact) mass is 458 g/mol. The first-order chi connectivity index (χ1) is 16.5. The Kier molecular flexibility index (Phi) is 6.16. The van der Waals surface area contributed by atoms with Crippen molar-refractivity contribution in [3.05, 3.63) is 77.6 Å². The number of allylic oxidation sites excluding steroid dienone is 1. The number of likely N-dealkylation sites (tertiary alicyclic amines) is 1. The third-order valence-electron chi connectivity index (χ3n) is 6.77. The van der Waals surface area contributed by atoms with Gasteiger partial charge in [-0.05, 0) is 66.4 Å². The van der Waals surface area contributed by atoms with Crippen molar-refractivity contribution < 1.29 is 19.7 Å². The van der Waals surface area contributed by atoms with Crippen LogP contribution in [0.5, 0.6) is 23.0 Å². The molecule has 1 unspecified atom stereocenters. The fourth-order valence-corrected chi connectivity index (χ4v) is 4.70. The Morgan fingerprint density at radius 1 is 1.03 bits per heavy atom. The van der Waals surface area contributed by atoms with Gasteiger partial charge in [-0.2, -0.15) is 0 Å². The van der Waals surface area contributed by atoms with Crippen molar-refractivity contribution in [1.29, 1.82) is 0 Å². The molecule has 2 aliphatic heterocycles. The second-order valence-corrected chi connectivity index (χ2v) is 9.07. The van der Waals surface area contributed by atoms with Crippen molar-refractivity contribution in [3.63, 3.8) is 0 Å². The van der Waals surface area contributed by atoms with Gasteiger partial charge in [-0.3, -0.25) is 9.88 Å². The quantitative estimate of drug-likeness (QED) is 0.502. The predicted molar refractivity (Wildman–Crippen MR) is 132 cm³/mol. The molecule has 3 aromatic rings. The first-order valence-corrected chi connectivity index (χ1v) is 11.8. The largest absolute Gasteiger partial charge is 0.508 e. The van der Waals surface area contributed by atoms with Gasteiger partial charge in [0.15, 0.2) is 6.10 Å². The summed E-state index contributed by atoms with van der Waals surface area (Å²) in [5.41, 5.74) is 4.39. The van der Waals surface area contributed by atoms with E-state index < -0.39 is 0 Å². The van der Waals surface area contributed by atoms with Crippen molar-refractivity contribution in [2.24, 2.45) is 5.92 Å². The average Bonchev–Trinajstić information content (AvgIpc) is 2.82. The van der Waals surface area contributed by atoms with E-state index in [1.807, 2.05) is 31.2 Å². The lowest BCUT2D eigenvalue weighted by Crippen LogP contribution is -2.47. The number of hydrogen-bond acceptors (Lipinski definition) is 6. The topological polar surface area (TPSA) is 75.1 Å². The molecule has 0 radical (unpaired) electrons. The van der Waals surface area contributed by atoms with Crippen molar-refractivity contribution in [1.82, 2.24) is 9.88 Å². The number of benzene rings is 2. The molecule has 0 aliphatic carbocycles. The standard InChI is InChI=1S/C28H30N2O4/c1-3-19-16-30(17-19)12-13-33-23-8-4-20(5-9-23)28-27(25-10-6-22(32)15-29-25)18(2)24-14-21(31)7-11-26(24)34-28/h4-11,14-15,19,28,31-32H,3,12-13,16-17H2,1-2H3. The second-order valence-electron chi connectivity index (χ2n) is 9.07. The minimum absolute atomic E-state index is 0.110. The Hall–Kier alpha value is -3.51. The normalized spacial score (nSPS) is 18.2. The number of pyridine rings is 1. The van der Waals surface area contributed by atoms with Crippen molar-refractivity contribution in [3.8, 4) is 23.0 Å². The Morgan fingerprint density at radius 3 is 2.50 bits per heavy atom. The van der Waals surface area contributed by atoms with Crippen molar-refractivity contribution in [2.75, 3.05) is 26.2 Å². The maximum atomic E-state index is 10.0. The molecule has 2 N–H and O–H groups in total. The van der Waals surface area contributed by atoms with E-state index in [2.05, 4.69) is 16.8 Å². The molecule has 34 heavy (non-hydrogen) atoms. The molecule has 0 saturated carbocycles. The van der Waals surface area contributed by atoms with Crippen molar-refractivity contribution >= 4 is 11.1 Å². The summed E-state index contributed by atoms with van der Waals surface area (Å²) in [6, 6.07) is 16.5. The highest BCUT2D eigenvalue weighted by Crippen LogP contribution is 2.47. The van der Waals surface area contributed by atoms with Crippen LogP contribution < -0.4 is 9.47 Å². The fraction of sp³-hybridized carbons (Fsp3) is 0.321. The molecule has 5 rings (SSSR count). The third kappa shape index (κ3) is 4.46. The Morgan fingerprint density at radius 2 is 1.79 bits per heavy atom. The van der Waals surface area contributed by atoms with E-state index in [4.69, 9.17) is 9.47 Å². The van der Waals surface area contributed by atoms with E-state index in [-0.39, 0.29) is 17.6 Å². The molecule has 2 aromatic carbocycles. The van der Waals surface area contributed by atoms with Gasteiger partial charge in [-0.15, -0.1) is 0 Å². The number of ether oxygens (including phenoxy) is 2. The van der Waals surface area contributed by atoms with Gasteiger partial charge in [0.25, 0.3) is 0 Å². The number of fused-ring (bicyclic) bond motifs is 1. The van der Waals surface area contributed by atoms with E-state index in [1.165, 1.54) is 25.7 Å². The summed E-state index contributed by atoms with van der Waals surface area (Å²) in [6.45, 7) is 8.24. The first-order valence-electron chi connectivity index (χ1n) is 11.8. The summed E-state index contributed by atoms with van der Waals surface area (Å²) in [5.74, 6) is 2.68. The number of rotatable bonds is 7. The number of aromatic nitrogens is 1. The third-order valence-corrected chi connectivity index (χ3v) is 6.77. The molecule has 0 bridgehead atoms. The summed E-state index contributed by atoms with van der Waals surface area (Å²) in [6.07, 6.45) is 2.31. The molecule has 0 amide bonds. The predicted octanol–water partition coefficient (Wildman–Crippen LogP) is 5.28. The van der Waals surface area contributed by atoms with E-state index >= 15 is 0 Å². The highest BCUT2D eigenvalue weighted by Gasteiger charge is 2.30. The van der Waals surface area contributed by atoms with Crippen LogP contribution in [0, 0.1) is 5.92 Å². The maximum Gasteiger partial charge on any atom is 0.151 e. The van der Waals surface area contributed by atoms with E-state index in [0.29, 0.717) is 12.4 Å². The highest BCUT2D eigenvalue weighted by molar-refractivity contribution is 5.94. The Balaban J connectivity index is 1.37. The van der Waals surface area contributed by atoms with Crippen LogP contribution >= 0.6 is 0 Å². The van der Waals surface area contributed by atoms with E-state index in [1.54, 1.807) is 30.3 Å². The molecule has 1 fully saturated rings. The number of nitrogens with zero attached hydrogens (tertiary/aromatic N) is 2. The molecule has 1 aromatic heterocycles. The van der Waals surface area contributed by atoms with Crippen LogP contribution in [0.4, 0.5) is 0 Å². The summed E-state index contributed by atoms with van der Waals surface area (Å²) < 4.78 is 12.4. The Labute approximate surface area is 200 Å². The molecule has 176 valence electrons. The summed E-state index contributed by atoms with van der Waals surface area (Å²) in [7, 11) is 0. The zero-order valence-corrected chi connectivity index (χ0v) is 19.6. The highest BCUT2D eigenvalue weighted by atomic mass is 16.5. The molecular formula is C28H30N2O4. The number of hydrogen-bond donors (Lipinski definition) is 2. The summed E-state index contributed by atoms with van der Waals surface area (Å²) in [4.78, 5) is 6.87. The van der Waals surface area contributed by atoms with Crippen LogP contribution in [-0.2, 0) is 0 Å². The lowest BCUT2D eigenvalue weighted by atomic mass is 9.88. The number of phenols is 1. The summed E-state index contributed by atoms with van der Waals surface area (Å²) in [5, 5.41) is 19.7. The van der Waals surface area contributed by atoms with Crippen molar-refractivity contribution in [2.45, 2.75) is 26.4 Å². The smallest absolute Gasteiger partial charge is 0.151 e. The van der Waals surface area contributed by atoms with Crippen LogP contribution in [-0.4, -0.2) is 46.3 Å². The zero-order chi connectivity index (χ0) is 23.7. The van der Waals surface area contributed by atoms with Gasteiger partial charge < -0.3 is 19.7 Å². The van der Waals surface area contributed by atoms with E-state index in [0.717, 1.165) is 46.2 Å². The minimum Gasteiger partial charge on any atom is -0.508 e. The molecule has 3 heterocycles. The molecule has 0 spiro atoms. The zero-order valence-electron chi connectivity index (χ0n) is 19.6. The maximum absolute atomic E-state index is 10.0. The molecular weight excluding hydrogens is 428 g/mol. The fourth-order valence-electron chi connectivity index (χ4n) is 4.70. The molecule has 2 aliphatic rings. The van der Waals surface area contributed by atoms with Gasteiger partial charge in [-0.1, -0.05) is 25.5 Å². The molecule has 1 saturated heterocycles. The van der Waals surface area contributed by atoms with Gasteiger partial charge in [-0.25, -0.2) is 0 Å². The number of phenolic OH excluding ortho intramolecular Hbond substituents is 1. The second kappa shape index (κ2) is 9.39. The van der Waals surface area contributed by atoms with Crippen LogP contribution in [0.1, 0.15) is 43.2 Å². The van der Waals surface area contributed by atoms with Crippen LogP contribution in [0.2, 0.25) is 0 Å². The summed E-state index contributed by atoms with van der Waals surface area (Å²) >= 11 is 0. The minimum atomic E-state index is -0.379. The first kappa shape index (κ1) is 22.3. The molecule has 6 heteroatoms. The van der Waals surface area contributed by atoms with E-state index in [9.17, 15) is 10.2 Å². The van der Waals surface area contributed by atoms with Crippen LogP contribution in [0.3, 0.4) is 0 Å².